The molecule has 0 radical (unpaired) electrons. The van der Waals surface area contributed by atoms with Crippen LogP contribution in [0.5, 0.6) is 0 Å². The standard InChI is InChI=1S/C9H13N3.C9H9N3/c2*10-7-3-4-8-6(9(7)11)2-1-5-12-8/h3-4,12H,1-2,5,10-11H2;1-5H,10-11H2. The quantitative estimate of drug-likeness (QED) is 0.405. The molecule has 6 nitrogen and oxygen atoms in total. The van der Waals surface area contributed by atoms with E-state index in [-0.39, 0.29) is 0 Å². The highest BCUT2D eigenvalue weighted by atomic mass is 14.9. The van der Waals surface area contributed by atoms with Crippen LogP contribution in [0.4, 0.5) is 28.4 Å². The Hall–Kier alpha value is -3.15. The summed E-state index contributed by atoms with van der Waals surface area (Å²) < 4.78 is 0. The molecule has 9 N–H and O–H groups in total. The molecule has 1 aromatic heterocycles. The summed E-state index contributed by atoms with van der Waals surface area (Å²) >= 11 is 0. The van der Waals surface area contributed by atoms with E-state index in [0.717, 1.165) is 41.7 Å². The van der Waals surface area contributed by atoms with Crippen molar-refractivity contribution in [3.8, 4) is 0 Å². The van der Waals surface area contributed by atoms with Gasteiger partial charge in [-0.2, -0.15) is 0 Å². The Morgan fingerprint density at radius 2 is 1.62 bits per heavy atom. The fraction of sp³-hybridized carbons (Fsp3) is 0.167. The number of nitrogens with two attached hydrogens (primary N) is 4. The number of hydrogen-bond donors (Lipinski definition) is 5. The van der Waals surface area contributed by atoms with E-state index in [4.69, 9.17) is 22.9 Å². The predicted octanol–water partition coefficient (Wildman–Crippen LogP) is 2.61. The summed E-state index contributed by atoms with van der Waals surface area (Å²) in [6, 6.07) is 11.2. The maximum atomic E-state index is 5.84. The van der Waals surface area contributed by atoms with Crippen molar-refractivity contribution >= 4 is 39.3 Å². The summed E-state index contributed by atoms with van der Waals surface area (Å²) in [4.78, 5) is 4.15. The van der Waals surface area contributed by atoms with Crippen LogP contribution in [0.15, 0.2) is 42.6 Å². The number of aromatic nitrogens is 1. The summed E-state index contributed by atoms with van der Waals surface area (Å²) in [5, 5.41) is 4.21. The average molecular weight is 322 g/mol. The summed E-state index contributed by atoms with van der Waals surface area (Å²) in [7, 11) is 0. The molecule has 0 atom stereocenters. The SMILES string of the molecule is Nc1ccc2c(c1N)CCCN2.Nc1ccc2ncccc2c1N. The van der Waals surface area contributed by atoms with E-state index in [0.29, 0.717) is 17.1 Å². The third kappa shape index (κ3) is 2.99. The van der Waals surface area contributed by atoms with Gasteiger partial charge in [0.25, 0.3) is 0 Å². The Morgan fingerprint density at radius 3 is 2.46 bits per heavy atom. The second-order valence-electron chi connectivity index (χ2n) is 5.76. The highest BCUT2D eigenvalue weighted by Crippen LogP contribution is 2.31. The molecule has 0 amide bonds. The molecule has 1 aliphatic heterocycles. The van der Waals surface area contributed by atoms with Crippen LogP contribution in [0.25, 0.3) is 10.9 Å². The lowest BCUT2D eigenvalue weighted by molar-refractivity contribution is 0.833. The Balaban J connectivity index is 0.000000141. The molecule has 3 aromatic rings. The van der Waals surface area contributed by atoms with Crippen LogP contribution in [0, 0.1) is 0 Å². The van der Waals surface area contributed by atoms with Crippen LogP contribution in [-0.2, 0) is 6.42 Å². The smallest absolute Gasteiger partial charge is 0.0724 e. The molecule has 0 saturated carbocycles. The Kier molecular flexibility index (Phi) is 4.29. The minimum Gasteiger partial charge on any atom is -0.397 e. The van der Waals surface area contributed by atoms with E-state index >= 15 is 0 Å². The number of fused-ring (bicyclic) bond motifs is 2. The fourth-order valence-corrected chi connectivity index (χ4v) is 2.80. The Bertz CT molecular complexity index is 875. The lowest BCUT2D eigenvalue weighted by Crippen LogP contribution is -2.14. The van der Waals surface area contributed by atoms with E-state index < -0.39 is 0 Å². The zero-order valence-corrected chi connectivity index (χ0v) is 13.4. The molecule has 2 aromatic carbocycles. The van der Waals surface area contributed by atoms with Gasteiger partial charge in [-0.1, -0.05) is 0 Å². The fourth-order valence-electron chi connectivity index (χ4n) is 2.80. The van der Waals surface area contributed by atoms with Crippen LogP contribution < -0.4 is 28.3 Å². The van der Waals surface area contributed by atoms with Gasteiger partial charge in [0.05, 0.1) is 28.3 Å². The number of hydrogen-bond acceptors (Lipinski definition) is 6. The molecule has 6 heteroatoms. The molecule has 0 saturated heterocycles. The molecule has 1 aliphatic rings. The predicted molar refractivity (Wildman–Crippen MR) is 103 cm³/mol. The highest BCUT2D eigenvalue weighted by Gasteiger charge is 2.12. The van der Waals surface area contributed by atoms with E-state index in [2.05, 4.69) is 10.3 Å². The van der Waals surface area contributed by atoms with E-state index in [1.165, 1.54) is 5.56 Å². The minimum atomic E-state index is 0.607. The zero-order chi connectivity index (χ0) is 17.1. The molecular weight excluding hydrogens is 300 g/mol. The van der Waals surface area contributed by atoms with Gasteiger partial charge in [-0.15, -0.1) is 0 Å². The van der Waals surface area contributed by atoms with Crippen LogP contribution in [0.1, 0.15) is 12.0 Å². The molecule has 0 unspecified atom stereocenters. The van der Waals surface area contributed by atoms with Crippen molar-refractivity contribution in [1.29, 1.82) is 0 Å². The molecule has 24 heavy (non-hydrogen) atoms. The van der Waals surface area contributed by atoms with Crippen LogP contribution in [0.2, 0.25) is 0 Å². The molecule has 2 heterocycles. The average Bonchev–Trinajstić information content (AvgIpc) is 2.62. The molecule has 0 aliphatic carbocycles. The van der Waals surface area contributed by atoms with Gasteiger partial charge in [0, 0.05) is 29.4 Å². The minimum absolute atomic E-state index is 0.607. The number of nitrogens with zero attached hydrogens (tertiary/aromatic N) is 1. The maximum Gasteiger partial charge on any atom is 0.0724 e. The van der Waals surface area contributed by atoms with Crippen LogP contribution in [0.3, 0.4) is 0 Å². The third-order valence-corrected chi connectivity index (χ3v) is 4.17. The number of anilines is 5. The highest BCUT2D eigenvalue weighted by molar-refractivity contribution is 5.96. The van der Waals surface area contributed by atoms with Crippen molar-refractivity contribution in [1.82, 2.24) is 4.98 Å². The lowest BCUT2D eigenvalue weighted by atomic mass is 10.0. The summed E-state index contributed by atoms with van der Waals surface area (Å²) in [6.07, 6.45) is 3.91. The van der Waals surface area contributed by atoms with Gasteiger partial charge in [0.2, 0.25) is 0 Å². The van der Waals surface area contributed by atoms with Crippen molar-refractivity contribution in [3.05, 3.63) is 48.2 Å². The number of pyridine rings is 1. The van der Waals surface area contributed by atoms with Crippen molar-refractivity contribution in [2.75, 3.05) is 34.8 Å². The lowest BCUT2D eigenvalue weighted by Gasteiger charge is -2.20. The topological polar surface area (TPSA) is 129 Å². The van der Waals surface area contributed by atoms with Gasteiger partial charge in [0.1, 0.15) is 0 Å². The van der Waals surface area contributed by atoms with Gasteiger partial charge in [-0.05, 0) is 49.2 Å². The van der Waals surface area contributed by atoms with E-state index in [9.17, 15) is 0 Å². The molecular formula is C18H22N6. The number of nitrogens with one attached hydrogen (secondary N) is 1. The summed E-state index contributed by atoms with van der Waals surface area (Å²) in [5.74, 6) is 0. The maximum absolute atomic E-state index is 5.84. The van der Waals surface area contributed by atoms with Crippen molar-refractivity contribution in [2.24, 2.45) is 0 Å². The van der Waals surface area contributed by atoms with Gasteiger partial charge in [-0.25, -0.2) is 0 Å². The Morgan fingerprint density at radius 1 is 0.875 bits per heavy atom. The van der Waals surface area contributed by atoms with Crippen molar-refractivity contribution in [2.45, 2.75) is 12.8 Å². The van der Waals surface area contributed by atoms with Crippen molar-refractivity contribution in [3.63, 3.8) is 0 Å². The molecule has 0 spiro atoms. The van der Waals surface area contributed by atoms with Gasteiger partial charge < -0.3 is 28.3 Å². The normalized spacial score (nSPS) is 12.7. The van der Waals surface area contributed by atoms with Crippen molar-refractivity contribution < 1.29 is 0 Å². The first-order chi connectivity index (χ1) is 11.6. The first kappa shape index (κ1) is 15.7. The van der Waals surface area contributed by atoms with Crippen LogP contribution in [-0.4, -0.2) is 11.5 Å². The number of benzene rings is 2. The van der Waals surface area contributed by atoms with Gasteiger partial charge >= 0.3 is 0 Å². The zero-order valence-electron chi connectivity index (χ0n) is 13.4. The molecule has 0 bridgehead atoms. The monoisotopic (exact) mass is 322 g/mol. The molecule has 124 valence electrons. The van der Waals surface area contributed by atoms with E-state index in [1.807, 2.05) is 30.3 Å². The van der Waals surface area contributed by atoms with Gasteiger partial charge in [-0.3, -0.25) is 4.98 Å². The number of nitrogen functional groups attached to an aromatic ring is 4. The molecule has 0 fully saturated rings. The largest absolute Gasteiger partial charge is 0.397 e. The second-order valence-corrected chi connectivity index (χ2v) is 5.76. The van der Waals surface area contributed by atoms with Gasteiger partial charge in [0.15, 0.2) is 0 Å². The Labute approximate surface area is 140 Å². The first-order valence-electron chi connectivity index (χ1n) is 7.87. The number of rotatable bonds is 0. The summed E-state index contributed by atoms with van der Waals surface area (Å²) in [6.45, 7) is 1.04. The van der Waals surface area contributed by atoms with Crippen LogP contribution >= 0.6 is 0 Å². The second kappa shape index (κ2) is 6.54. The molecule has 4 rings (SSSR count). The first-order valence-corrected chi connectivity index (χ1v) is 7.87. The van der Waals surface area contributed by atoms with E-state index in [1.54, 1.807) is 12.3 Å². The summed E-state index contributed by atoms with van der Waals surface area (Å²) in [5.41, 5.74) is 28.8. The third-order valence-electron chi connectivity index (χ3n) is 4.17.